The van der Waals surface area contributed by atoms with Crippen LogP contribution in [0.4, 0.5) is 32.2 Å². The van der Waals surface area contributed by atoms with Crippen LogP contribution in [0.25, 0.3) is 17.2 Å². The molecule has 4 aromatic heterocycles. The molecule has 5 heterocycles. The number of nitrogens with one attached hydrogen (secondary N) is 1. The highest BCUT2D eigenvalue weighted by molar-refractivity contribution is 6.09. The van der Waals surface area contributed by atoms with Crippen molar-refractivity contribution in [3.63, 3.8) is 0 Å². The molecule has 1 aliphatic heterocycles. The van der Waals surface area contributed by atoms with Crippen LogP contribution in [0.3, 0.4) is 0 Å². The number of carbonyl (C=O) groups is 1. The lowest BCUT2D eigenvalue weighted by molar-refractivity contribution is -0.284. The standard InChI is InChI=1S/C23H16F6N8O2/c24-12-5-11(6-30-7-12)22(10-1-2-10)15-17(36-20(22)39)34-16(35-19(15)38)14-8-37-18(31-9-32-37)13(33-14)3-4-21(25,26)23(27,28)29/h5-10H,1-4H2,(H2,34,35,36,38,39). The summed E-state index contributed by atoms with van der Waals surface area (Å²) in [6.45, 7) is 0. The minimum atomic E-state index is -5.74. The summed E-state index contributed by atoms with van der Waals surface area (Å²) < 4.78 is 80.5. The minimum Gasteiger partial charge on any atom is -0.493 e. The third-order valence-corrected chi connectivity index (χ3v) is 6.88. The van der Waals surface area contributed by atoms with Crippen molar-refractivity contribution in [2.24, 2.45) is 5.92 Å². The molecule has 0 saturated heterocycles. The molecular weight excluding hydrogens is 534 g/mol. The molecule has 39 heavy (non-hydrogen) atoms. The molecule has 2 N–H and O–H groups in total. The molecule has 1 fully saturated rings. The molecule has 1 saturated carbocycles. The molecular formula is C23H16F6N8O2. The van der Waals surface area contributed by atoms with Crippen LogP contribution in [0.15, 0.2) is 31.0 Å². The number of aromatic nitrogens is 7. The lowest BCUT2D eigenvalue weighted by atomic mass is 9.72. The average Bonchev–Trinajstić information content (AvgIpc) is 3.51. The number of pyridine rings is 1. The molecule has 1 unspecified atom stereocenters. The second kappa shape index (κ2) is 8.31. The summed E-state index contributed by atoms with van der Waals surface area (Å²) in [7, 11) is 0. The van der Waals surface area contributed by atoms with E-state index in [1.807, 2.05) is 0 Å². The fraction of sp³-hybridized carbons (Fsp3) is 0.348. The molecule has 0 bridgehead atoms. The molecule has 0 radical (unpaired) electrons. The molecule has 202 valence electrons. The molecule has 0 spiro atoms. The normalized spacial score (nSPS) is 19.4. The van der Waals surface area contributed by atoms with E-state index in [0.29, 0.717) is 12.8 Å². The lowest BCUT2D eigenvalue weighted by Gasteiger charge is -2.27. The van der Waals surface area contributed by atoms with E-state index in [-0.39, 0.29) is 45.7 Å². The number of rotatable bonds is 6. The van der Waals surface area contributed by atoms with E-state index in [4.69, 9.17) is 0 Å². The van der Waals surface area contributed by atoms with E-state index in [1.165, 1.54) is 12.4 Å². The Balaban J connectivity index is 1.44. The number of hydrogen-bond donors (Lipinski definition) is 2. The first-order valence-electron chi connectivity index (χ1n) is 11.6. The van der Waals surface area contributed by atoms with Crippen molar-refractivity contribution in [2.45, 2.75) is 43.2 Å². The summed E-state index contributed by atoms with van der Waals surface area (Å²) in [5.74, 6) is -7.46. The SMILES string of the molecule is O=C1Nc2nc(-c3cn4ncnc4c(CCC(F)(F)C(F)(F)F)n3)nc(O)c2C1(c1cncc(F)c1)C1CC1. The Bertz CT molecular complexity index is 1640. The van der Waals surface area contributed by atoms with Crippen LogP contribution in [0.2, 0.25) is 0 Å². The number of aryl methyl sites for hydroxylation is 1. The number of aromatic hydroxyl groups is 1. The largest absolute Gasteiger partial charge is 0.493 e. The van der Waals surface area contributed by atoms with Crippen molar-refractivity contribution in [3.05, 3.63) is 53.6 Å². The minimum absolute atomic E-state index is 0.0260. The first kappa shape index (κ1) is 24.9. The van der Waals surface area contributed by atoms with Gasteiger partial charge in [0.1, 0.15) is 29.1 Å². The maximum absolute atomic E-state index is 14.1. The van der Waals surface area contributed by atoms with E-state index in [1.54, 1.807) is 0 Å². The van der Waals surface area contributed by atoms with Crippen molar-refractivity contribution < 1.29 is 36.2 Å². The fourth-order valence-electron chi connectivity index (χ4n) is 4.97. The van der Waals surface area contributed by atoms with Gasteiger partial charge < -0.3 is 10.4 Å². The molecule has 2 aliphatic rings. The number of hydrogen-bond acceptors (Lipinski definition) is 8. The Morgan fingerprint density at radius 1 is 1.13 bits per heavy atom. The van der Waals surface area contributed by atoms with Gasteiger partial charge in [0.05, 0.1) is 23.7 Å². The second-order valence-corrected chi connectivity index (χ2v) is 9.33. The van der Waals surface area contributed by atoms with Crippen LogP contribution in [-0.2, 0) is 16.6 Å². The van der Waals surface area contributed by atoms with Crippen molar-refractivity contribution >= 4 is 17.4 Å². The zero-order valence-electron chi connectivity index (χ0n) is 19.5. The lowest BCUT2D eigenvalue weighted by Crippen LogP contribution is -2.38. The van der Waals surface area contributed by atoms with Crippen LogP contribution in [0, 0.1) is 11.7 Å². The Labute approximate surface area is 214 Å². The van der Waals surface area contributed by atoms with Gasteiger partial charge in [-0.3, -0.25) is 9.78 Å². The fourth-order valence-corrected chi connectivity index (χ4v) is 4.97. The van der Waals surface area contributed by atoms with Gasteiger partial charge in [-0.15, -0.1) is 0 Å². The van der Waals surface area contributed by atoms with Gasteiger partial charge in [-0.2, -0.15) is 32.0 Å². The molecule has 1 amide bonds. The van der Waals surface area contributed by atoms with Gasteiger partial charge in [-0.1, -0.05) is 0 Å². The highest BCUT2D eigenvalue weighted by atomic mass is 19.4. The number of alkyl halides is 5. The molecule has 1 atom stereocenters. The van der Waals surface area contributed by atoms with Gasteiger partial charge in [-0.25, -0.2) is 23.9 Å². The van der Waals surface area contributed by atoms with Crippen molar-refractivity contribution in [1.82, 2.24) is 34.5 Å². The first-order valence-corrected chi connectivity index (χ1v) is 11.6. The highest BCUT2D eigenvalue weighted by Gasteiger charge is 2.60. The maximum atomic E-state index is 14.1. The summed E-state index contributed by atoms with van der Waals surface area (Å²) in [5, 5.41) is 17.5. The topological polar surface area (TPSA) is 131 Å². The number of carbonyl (C=O) groups excluding carboxylic acids is 1. The predicted molar refractivity (Wildman–Crippen MR) is 119 cm³/mol. The van der Waals surface area contributed by atoms with E-state index in [2.05, 4.69) is 35.3 Å². The van der Waals surface area contributed by atoms with Gasteiger partial charge in [0.2, 0.25) is 11.8 Å². The van der Waals surface area contributed by atoms with Crippen molar-refractivity contribution in [3.8, 4) is 17.4 Å². The van der Waals surface area contributed by atoms with E-state index in [0.717, 1.165) is 23.1 Å². The summed E-state index contributed by atoms with van der Waals surface area (Å²) in [5.41, 5.74) is -1.69. The maximum Gasteiger partial charge on any atom is 0.453 e. The molecule has 4 aromatic rings. The number of fused-ring (bicyclic) bond motifs is 2. The van der Waals surface area contributed by atoms with Crippen molar-refractivity contribution in [1.29, 1.82) is 0 Å². The average molecular weight is 550 g/mol. The van der Waals surface area contributed by atoms with E-state index in [9.17, 15) is 36.2 Å². The third kappa shape index (κ3) is 3.84. The Kier molecular flexibility index (Phi) is 5.32. The Hall–Kier alpha value is -4.37. The van der Waals surface area contributed by atoms with Crippen LogP contribution in [0.1, 0.15) is 36.1 Å². The predicted octanol–water partition coefficient (Wildman–Crippen LogP) is 3.60. The second-order valence-electron chi connectivity index (χ2n) is 9.33. The van der Waals surface area contributed by atoms with Gasteiger partial charge in [0, 0.05) is 12.6 Å². The molecule has 10 nitrogen and oxygen atoms in total. The highest BCUT2D eigenvalue weighted by Crippen LogP contribution is 2.58. The monoisotopic (exact) mass is 550 g/mol. The molecule has 0 aromatic carbocycles. The summed E-state index contributed by atoms with van der Waals surface area (Å²) in [6.07, 6.45) is -2.31. The molecule has 6 rings (SSSR count). The smallest absolute Gasteiger partial charge is 0.453 e. The summed E-state index contributed by atoms with van der Waals surface area (Å²) in [6, 6.07) is 1.15. The third-order valence-electron chi connectivity index (χ3n) is 6.88. The Morgan fingerprint density at radius 3 is 2.59 bits per heavy atom. The van der Waals surface area contributed by atoms with Gasteiger partial charge in [-0.05, 0) is 36.8 Å². The van der Waals surface area contributed by atoms with Crippen molar-refractivity contribution in [2.75, 3.05) is 5.32 Å². The molecule has 16 heteroatoms. The molecule has 1 aliphatic carbocycles. The number of anilines is 1. The Morgan fingerprint density at radius 2 is 1.90 bits per heavy atom. The van der Waals surface area contributed by atoms with E-state index >= 15 is 0 Å². The zero-order chi connectivity index (χ0) is 27.7. The van der Waals surface area contributed by atoms with Crippen LogP contribution < -0.4 is 5.32 Å². The van der Waals surface area contributed by atoms with Crippen LogP contribution in [0.5, 0.6) is 5.88 Å². The number of amides is 1. The first-order chi connectivity index (χ1) is 18.4. The van der Waals surface area contributed by atoms with E-state index < -0.39 is 48.0 Å². The van der Waals surface area contributed by atoms with Crippen LogP contribution >= 0.6 is 0 Å². The van der Waals surface area contributed by atoms with Crippen LogP contribution in [-0.4, -0.2) is 57.6 Å². The number of nitrogens with zero attached hydrogens (tertiary/aromatic N) is 7. The summed E-state index contributed by atoms with van der Waals surface area (Å²) >= 11 is 0. The van der Waals surface area contributed by atoms with Gasteiger partial charge in [0.15, 0.2) is 11.5 Å². The zero-order valence-corrected chi connectivity index (χ0v) is 19.5. The van der Waals surface area contributed by atoms with Gasteiger partial charge in [0.25, 0.3) is 0 Å². The van der Waals surface area contributed by atoms with Gasteiger partial charge >= 0.3 is 12.1 Å². The number of halogens is 6. The quantitative estimate of drug-likeness (QED) is 0.349. The summed E-state index contributed by atoms with van der Waals surface area (Å²) in [4.78, 5) is 33.6.